The van der Waals surface area contributed by atoms with Gasteiger partial charge >= 0.3 is 17.9 Å². The maximum Gasteiger partial charge on any atom is 0.340 e. The highest BCUT2D eigenvalue weighted by Gasteiger charge is 2.72. The highest BCUT2D eigenvalue weighted by Crippen LogP contribution is 2.55. The number of benzene rings is 1. The van der Waals surface area contributed by atoms with Crippen LogP contribution in [0.3, 0.4) is 0 Å². The zero-order valence-electron chi connectivity index (χ0n) is 17.6. The largest absolute Gasteiger partial charge is 0.462 e. The van der Waals surface area contributed by atoms with Crippen molar-refractivity contribution >= 4 is 35.4 Å². The average molecular weight is 443 g/mol. The number of carbonyl (C=O) groups is 5. The molecule has 1 aromatic carbocycles. The Morgan fingerprint density at radius 1 is 1.09 bits per heavy atom. The van der Waals surface area contributed by atoms with Gasteiger partial charge in [0.25, 0.3) is 6.29 Å². The zero-order valence-corrected chi connectivity index (χ0v) is 17.6. The molecule has 2 saturated heterocycles. The summed E-state index contributed by atoms with van der Waals surface area (Å²) in [5.41, 5.74) is -1.52. The van der Waals surface area contributed by atoms with Gasteiger partial charge in [-0.1, -0.05) is 18.2 Å². The molecule has 3 heterocycles. The van der Waals surface area contributed by atoms with Crippen LogP contribution < -0.4 is 4.90 Å². The van der Waals surface area contributed by atoms with Crippen LogP contribution >= 0.6 is 0 Å². The number of esters is 3. The first-order valence-electron chi connectivity index (χ1n) is 10.1. The highest BCUT2D eigenvalue weighted by atomic mass is 16.7. The summed E-state index contributed by atoms with van der Waals surface area (Å²) < 4.78 is 21.3. The highest BCUT2D eigenvalue weighted by molar-refractivity contribution is 6.25. The summed E-state index contributed by atoms with van der Waals surface area (Å²) in [6.45, 7) is 4.01. The summed E-state index contributed by atoms with van der Waals surface area (Å²) in [6, 6.07) is 6.12. The van der Waals surface area contributed by atoms with Crippen molar-refractivity contribution in [1.29, 1.82) is 0 Å². The molecular weight excluding hydrogens is 422 g/mol. The maximum atomic E-state index is 13.6. The molecule has 0 radical (unpaired) electrons. The predicted molar refractivity (Wildman–Crippen MR) is 106 cm³/mol. The van der Waals surface area contributed by atoms with E-state index in [4.69, 9.17) is 18.9 Å². The minimum Gasteiger partial charge on any atom is -0.462 e. The molecule has 0 spiro atoms. The summed E-state index contributed by atoms with van der Waals surface area (Å²) in [7, 11) is 0. The molecular formula is C22H21NO9. The van der Waals surface area contributed by atoms with E-state index >= 15 is 0 Å². The standard InChI is InChI=1S/C22H21NO9/c1-4-29-20(28)13-7-5-6-8-14(13)23-18(26)16-15-9-10-22(32-15,17(16)19(23)27)21(30-11(2)24)31-12(3)25/h5-10,15-17,21H,4H2,1-3H3/t15-,16-,17+,22-/m0/s1. The molecule has 2 bridgehead atoms. The second-order valence-electron chi connectivity index (χ2n) is 7.60. The van der Waals surface area contributed by atoms with Crippen LogP contribution in [0, 0.1) is 11.8 Å². The van der Waals surface area contributed by atoms with Crippen LogP contribution in [0.25, 0.3) is 0 Å². The minimum atomic E-state index is -1.66. The van der Waals surface area contributed by atoms with E-state index in [-0.39, 0.29) is 17.9 Å². The van der Waals surface area contributed by atoms with E-state index in [2.05, 4.69) is 0 Å². The predicted octanol–water partition coefficient (Wildman–Crippen LogP) is 1.13. The van der Waals surface area contributed by atoms with E-state index in [0.717, 1.165) is 18.7 Å². The number of amides is 2. The molecule has 3 aliphatic rings. The Morgan fingerprint density at radius 3 is 2.38 bits per heavy atom. The lowest BCUT2D eigenvalue weighted by atomic mass is 9.76. The van der Waals surface area contributed by atoms with Gasteiger partial charge in [-0.3, -0.25) is 19.2 Å². The average Bonchev–Trinajstić information content (AvgIpc) is 3.38. The Balaban J connectivity index is 1.76. The van der Waals surface area contributed by atoms with Gasteiger partial charge in [0.05, 0.1) is 35.8 Å². The van der Waals surface area contributed by atoms with Gasteiger partial charge in [0.2, 0.25) is 11.8 Å². The van der Waals surface area contributed by atoms with Gasteiger partial charge < -0.3 is 18.9 Å². The summed E-state index contributed by atoms with van der Waals surface area (Å²) in [4.78, 5) is 63.6. The van der Waals surface area contributed by atoms with Crippen LogP contribution in [-0.4, -0.2) is 54.3 Å². The summed E-state index contributed by atoms with van der Waals surface area (Å²) in [5, 5.41) is 0. The molecule has 0 saturated carbocycles. The quantitative estimate of drug-likeness (QED) is 0.275. The van der Waals surface area contributed by atoms with E-state index in [1.54, 1.807) is 25.1 Å². The normalized spacial score (nSPS) is 27.6. The fraction of sp³-hybridized carbons (Fsp3) is 0.409. The summed E-state index contributed by atoms with van der Waals surface area (Å²) in [5.74, 6) is -5.47. The van der Waals surface area contributed by atoms with Crippen LogP contribution in [0.5, 0.6) is 0 Å². The fourth-order valence-electron chi connectivity index (χ4n) is 4.50. The molecule has 4 atom stereocenters. The van der Waals surface area contributed by atoms with Crippen molar-refractivity contribution < 1.29 is 42.9 Å². The number of anilines is 1. The number of fused-ring (bicyclic) bond motifs is 5. The van der Waals surface area contributed by atoms with Gasteiger partial charge in [0, 0.05) is 13.8 Å². The Morgan fingerprint density at radius 2 is 1.75 bits per heavy atom. The van der Waals surface area contributed by atoms with E-state index < -0.39 is 59.6 Å². The number of hydrogen-bond acceptors (Lipinski definition) is 9. The van der Waals surface area contributed by atoms with Crippen molar-refractivity contribution in [2.24, 2.45) is 11.8 Å². The van der Waals surface area contributed by atoms with Crippen LogP contribution in [0.15, 0.2) is 36.4 Å². The molecule has 32 heavy (non-hydrogen) atoms. The van der Waals surface area contributed by atoms with Gasteiger partial charge in [0.1, 0.15) is 0 Å². The number of nitrogens with zero attached hydrogens (tertiary/aromatic N) is 1. The molecule has 3 aliphatic heterocycles. The van der Waals surface area contributed by atoms with E-state index in [1.165, 1.54) is 18.2 Å². The van der Waals surface area contributed by atoms with Gasteiger partial charge in [-0.2, -0.15) is 0 Å². The number of rotatable bonds is 6. The molecule has 2 fully saturated rings. The van der Waals surface area contributed by atoms with E-state index in [1.807, 2.05) is 0 Å². The van der Waals surface area contributed by atoms with Crippen LogP contribution in [0.4, 0.5) is 5.69 Å². The Bertz CT molecular complexity index is 1030. The monoisotopic (exact) mass is 443 g/mol. The molecule has 2 amide bonds. The SMILES string of the molecule is CCOC(=O)c1ccccc1N1C(=O)[C@H]2[C@@H]3C=C[C@](C(OC(C)=O)OC(C)=O)(O3)[C@H]2C1=O. The Kier molecular flexibility index (Phi) is 5.33. The third kappa shape index (κ3) is 3.18. The Labute approximate surface area is 183 Å². The Hall–Kier alpha value is -3.53. The number of carbonyl (C=O) groups excluding carboxylic acids is 5. The van der Waals surface area contributed by atoms with Crippen molar-refractivity contribution in [2.45, 2.75) is 38.8 Å². The van der Waals surface area contributed by atoms with Crippen molar-refractivity contribution in [3.8, 4) is 0 Å². The van der Waals surface area contributed by atoms with E-state index in [0.29, 0.717) is 0 Å². The molecule has 0 unspecified atom stereocenters. The molecule has 168 valence electrons. The summed E-state index contributed by atoms with van der Waals surface area (Å²) >= 11 is 0. The van der Waals surface area contributed by atoms with Crippen LogP contribution in [0.2, 0.25) is 0 Å². The third-order valence-corrected chi connectivity index (χ3v) is 5.63. The van der Waals surface area contributed by atoms with Crippen LogP contribution in [0.1, 0.15) is 31.1 Å². The lowest BCUT2D eigenvalue weighted by Crippen LogP contribution is -2.52. The molecule has 10 heteroatoms. The second-order valence-corrected chi connectivity index (χ2v) is 7.60. The molecule has 1 aromatic rings. The number of imide groups is 1. The fourth-order valence-corrected chi connectivity index (χ4v) is 4.50. The second kappa shape index (κ2) is 7.86. The molecule has 0 N–H and O–H groups in total. The van der Waals surface area contributed by atoms with Gasteiger partial charge in [-0.25, -0.2) is 9.69 Å². The van der Waals surface area contributed by atoms with Gasteiger partial charge in [0.15, 0.2) is 5.60 Å². The van der Waals surface area contributed by atoms with Crippen molar-refractivity contribution in [3.63, 3.8) is 0 Å². The van der Waals surface area contributed by atoms with Crippen molar-refractivity contribution in [1.82, 2.24) is 0 Å². The van der Waals surface area contributed by atoms with Gasteiger partial charge in [-0.15, -0.1) is 0 Å². The van der Waals surface area contributed by atoms with Crippen molar-refractivity contribution in [2.75, 3.05) is 11.5 Å². The maximum absolute atomic E-state index is 13.6. The zero-order chi connectivity index (χ0) is 23.2. The lowest BCUT2D eigenvalue weighted by Gasteiger charge is -2.34. The topological polar surface area (TPSA) is 126 Å². The lowest BCUT2D eigenvalue weighted by molar-refractivity contribution is -0.226. The number of para-hydroxylation sites is 1. The number of hydrogen-bond donors (Lipinski definition) is 0. The first-order valence-corrected chi connectivity index (χ1v) is 10.1. The molecule has 10 nitrogen and oxygen atoms in total. The number of ether oxygens (including phenoxy) is 4. The third-order valence-electron chi connectivity index (χ3n) is 5.63. The molecule has 4 rings (SSSR count). The van der Waals surface area contributed by atoms with Gasteiger partial charge in [-0.05, 0) is 25.1 Å². The minimum absolute atomic E-state index is 0.0582. The first kappa shape index (κ1) is 21.7. The first-order chi connectivity index (χ1) is 15.2. The van der Waals surface area contributed by atoms with Crippen LogP contribution in [-0.2, 0) is 38.1 Å². The van der Waals surface area contributed by atoms with E-state index in [9.17, 15) is 24.0 Å². The summed E-state index contributed by atoms with van der Waals surface area (Å²) in [6.07, 6.45) is 0.713. The molecule has 0 aromatic heterocycles. The smallest absolute Gasteiger partial charge is 0.340 e. The molecule has 0 aliphatic carbocycles. The van der Waals surface area contributed by atoms with Crippen molar-refractivity contribution in [3.05, 3.63) is 42.0 Å².